The first-order chi connectivity index (χ1) is 20.5. The highest BCUT2D eigenvalue weighted by atomic mass is 16.6. The van der Waals surface area contributed by atoms with Gasteiger partial charge in [-0.05, 0) is 50.9 Å². The van der Waals surface area contributed by atoms with Crippen LogP contribution in [0.25, 0.3) is 0 Å². The molecular formula is C36H62O6. The van der Waals surface area contributed by atoms with Gasteiger partial charge >= 0.3 is 11.9 Å². The molecule has 0 aromatic rings. The molecule has 2 unspecified atom stereocenters. The number of carbonyl (C=O) groups is 2. The third kappa shape index (κ3) is 23.6. The average molecular weight is 591 g/mol. The molecule has 1 aliphatic heterocycles. The molecule has 242 valence electrons. The van der Waals surface area contributed by atoms with Gasteiger partial charge < -0.3 is 19.3 Å². The second kappa shape index (κ2) is 26.7. The quantitative estimate of drug-likeness (QED) is 0.0424. The number of rotatable bonds is 28. The van der Waals surface area contributed by atoms with Crippen molar-refractivity contribution in [3.8, 4) is 0 Å². The van der Waals surface area contributed by atoms with Crippen LogP contribution < -0.4 is 0 Å². The highest BCUT2D eigenvalue weighted by Gasteiger charge is 2.36. The molecular weight excluding hydrogens is 528 g/mol. The summed E-state index contributed by atoms with van der Waals surface area (Å²) in [5.41, 5.74) is 0. The van der Waals surface area contributed by atoms with Crippen molar-refractivity contribution in [2.45, 2.75) is 161 Å². The lowest BCUT2D eigenvalue weighted by Crippen LogP contribution is -2.28. The van der Waals surface area contributed by atoms with Crippen molar-refractivity contribution in [1.29, 1.82) is 0 Å². The van der Waals surface area contributed by atoms with Crippen LogP contribution in [0, 0.1) is 5.92 Å². The molecule has 1 heterocycles. The van der Waals surface area contributed by atoms with Crippen molar-refractivity contribution in [2.24, 2.45) is 5.92 Å². The van der Waals surface area contributed by atoms with Crippen molar-refractivity contribution in [3.63, 3.8) is 0 Å². The molecule has 0 amide bonds. The van der Waals surface area contributed by atoms with Crippen molar-refractivity contribution in [1.82, 2.24) is 0 Å². The molecule has 42 heavy (non-hydrogen) atoms. The first kappa shape index (κ1) is 38.1. The van der Waals surface area contributed by atoms with Crippen molar-refractivity contribution in [2.75, 3.05) is 13.2 Å². The monoisotopic (exact) mass is 590 g/mol. The number of ether oxygens (including phenoxy) is 3. The van der Waals surface area contributed by atoms with Gasteiger partial charge in [-0.1, -0.05) is 121 Å². The lowest BCUT2D eigenvalue weighted by molar-refractivity contribution is -0.161. The highest BCUT2D eigenvalue weighted by Crippen LogP contribution is 2.30. The van der Waals surface area contributed by atoms with Crippen molar-refractivity contribution >= 4 is 11.9 Å². The first-order valence-corrected chi connectivity index (χ1v) is 17.0. The first-order valence-electron chi connectivity index (χ1n) is 17.0. The van der Waals surface area contributed by atoms with Gasteiger partial charge in [0, 0.05) is 12.8 Å². The third-order valence-corrected chi connectivity index (χ3v) is 7.54. The van der Waals surface area contributed by atoms with Crippen LogP contribution in [0.5, 0.6) is 0 Å². The van der Waals surface area contributed by atoms with Gasteiger partial charge in [-0.2, -0.15) is 0 Å². The Kier molecular flexibility index (Phi) is 24.2. The SMILES string of the molecule is CCCCCC1OC1C/C=C\C/C=C\C/C=C\CCCC(=O)O[C@@H](CO)COC(=O)CCCCCCCCCC(C)C. The van der Waals surface area contributed by atoms with E-state index in [2.05, 4.69) is 57.2 Å². The number of epoxide rings is 1. The summed E-state index contributed by atoms with van der Waals surface area (Å²) in [6.45, 7) is 6.32. The molecule has 0 bridgehead atoms. The highest BCUT2D eigenvalue weighted by molar-refractivity contribution is 5.70. The van der Waals surface area contributed by atoms with E-state index in [1.54, 1.807) is 0 Å². The van der Waals surface area contributed by atoms with Gasteiger partial charge in [-0.3, -0.25) is 9.59 Å². The lowest BCUT2D eigenvalue weighted by atomic mass is 10.0. The molecule has 0 spiro atoms. The van der Waals surface area contributed by atoms with E-state index in [-0.39, 0.29) is 31.6 Å². The second-order valence-corrected chi connectivity index (χ2v) is 12.1. The zero-order valence-corrected chi connectivity index (χ0v) is 27.1. The zero-order valence-electron chi connectivity index (χ0n) is 27.1. The molecule has 1 fully saturated rings. The van der Waals surface area contributed by atoms with E-state index in [0.717, 1.165) is 50.9 Å². The number of allylic oxidation sites excluding steroid dienone is 5. The van der Waals surface area contributed by atoms with E-state index in [0.29, 0.717) is 25.0 Å². The fourth-order valence-electron chi connectivity index (χ4n) is 4.82. The largest absolute Gasteiger partial charge is 0.462 e. The summed E-state index contributed by atoms with van der Waals surface area (Å²) in [5.74, 6) is 0.119. The Morgan fingerprint density at radius 2 is 1.40 bits per heavy atom. The molecule has 1 N–H and O–H groups in total. The number of unbranched alkanes of at least 4 members (excludes halogenated alkanes) is 9. The van der Waals surface area contributed by atoms with Gasteiger partial charge in [-0.25, -0.2) is 0 Å². The predicted molar refractivity (Wildman–Crippen MR) is 172 cm³/mol. The third-order valence-electron chi connectivity index (χ3n) is 7.54. The molecule has 0 aromatic heterocycles. The minimum absolute atomic E-state index is 0.0910. The van der Waals surface area contributed by atoms with E-state index in [1.807, 2.05) is 0 Å². The maximum absolute atomic E-state index is 12.1. The molecule has 1 aliphatic rings. The molecule has 3 atom stereocenters. The summed E-state index contributed by atoms with van der Waals surface area (Å²) in [5, 5.41) is 9.49. The molecule has 0 aliphatic carbocycles. The van der Waals surface area contributed by atoms with Crippen LogP contribution in [0.4, 0.5) is 0 Å². The van der Waals surface area contributed by atoms with Gasteiger partial charge in [0.05, 0.1) is 18.8 Å². The second-order valence-electron chi connectivity index (χ2n) is 12.1. The van der Waals surface area contributed by atoms with Crippen LogP contribution >= 0.6 is 0 Å². The van der Waals surface area contributed by atoms with E-state index >= 15 is 0 Å². The van der Waals surface area contributed by atoms with Crippen LogP contribution in [0.2, 0.25) is 0 Å². The van der Waals surface area contributed by atoms with E-state index in [9.17, 15) is 14.7 Å². The summed E-state index contributed by atoms with van der Waals surface area (Å²) >= 11 is 0. The Hall–Kier alpha value is -1.92. The van der Waals surface area contributed by atoms with Crippen LogP contribution in [0.15, 0.2) is 36.5 Å². The minimum atomic E-state index is -0.800. The molecule has 6 nitrogen and oxygen atoms in total. The molecule has 0 aromatic carbocycles. The van der Waals surface area contributed by atoms with Gasteiger partial charge in [0.15, 0.2) is 6.10 Å². The topological polar surface area (TPSA) is 85.4 Å². The van der Waals surface area contributed by atoms with E-state index in [1.165, 1.54) is 57.8 Å². The predicted octanol–water partition coefficient (Wildman–Crippen LogP) is 8.96. The molecule has 1 saturated heterocycles. The van der Waals surface area contributed by atoms with E-state index < -0.39 is 6.10 Å². The number of hydrogen-bond donors (Lipinski definition) is 1. The summed E-state index contributed by atoms with van der Waals surface area (Å²) in [4.78, 5) is 24.1. The maximum atomic E-state index is 12.1. The smallest absolute Gasteiger partial charge is 0.306 e. The summed E-state index contributed by atoms with van der Waals surface area (Å²) < 4.78 is 16.2. The Morgan fingerprint density at radius 1 is 0.762 bits per heavy atom. The van der Waals surface area contributed by atoms with Crippen LogP contribution in [-0.4, -0.2) is 48.6 Å². The zero-order chi connectivity index (χ0) is 30.7. The average Bonchev–Trinajstić information content (AvgIpc) is 3.72. The fraction of sp³-hybridized carbons (Fsp3) is 0.778. The Bertz CT molecular complexity index is 756. The van der Waals surface area contributed by atoms with Gasteiger partial charge in [0.1, 0.15) is 6.61 Å². The van der Waals surface area contributed by atoms with E-state index in [4.69, 9.17) is 14.2 Å². The lowest BCUT2D eigenvalue weighted by Gasteiger charge is -2.15. The number of hydrogen-bond acceptors (Lipinski definition) is 6. The van der Waals surface area contributed by atoms with Crippen molar-refractivity contribution in [3.05, 3.63) is 36.5 Å². The molecule has 1 rings (SSSR count). The number of carbonyl (C=O) groups excluding carboxylic acids is 2. The number of aliphatic hydroxyl groups is 1. The van der Waals surface area contributed by atoms with Crippen molar-refractivity contribution < 1.29 is 28.9 Å². The normalized spacial score (nSPS) is 17.5. The minimum Gasteiger partial charge on any atom is -0.462 e. The fourth-order valence-corrected chi connectivity index (χ4v) is 4.82. The standard InChI is InChI=1S/C36H62O6/c1-4-5-19-25-33-34(42-33)26-21-16-12-8-6-7-9-13-18-23-28-36(39)41-32(29-37)30-40-35(38)27-22-17-14-10-11-15-20-24-31(2)3/h6,8-9,13,16,21,31-34,37H,4-5,7,10-12,14-15,17-20,22-30H2,1-3H3/b8-6-,13-9-,21-16-/t32-,33?,34?/m0/s1. The van der Waals surface area contributed by atoms with Crippen LogP contribution in [0.1, 0.15) is 143 Å². The molecule has 0 saturated carbocycles. The summed E-state index contributed by atoms with van der Waals surface area (Å²) in [6.07, 6.45) is 32.5. The molecule has 0 radical (unpaired) electrons. The van der Waals surface area contributed by atoms with Gasteiger partial charge in [0.2, 0.25) is 0 Å². The molecule has 6 heteroatoms. The Morgan fingerprint density at radius 3 is 2.10 bits per heavy atom. The maximum Gasteiger partial charge on any atom is 0.306 e. The number of aliphatic hydroxyl groups excluding tert-OH is 1. The number of esters is 2. The summed E-state index contributed by atoms with van der Waals surface area (Å²) in [7, 11) is 0. The summed E-state index contributed by atoms with van der Waals surface area (Å²) in [6, 6.07) is 0. The Balaban J connectivity index is 1.96. The van der Waals surface area contributed by atoms with Crippen LogP contribution in [0.3, 0.4) is 0 Å². The Labute approximate surface area is 257 Å². The van der Waals surface area contributed by atoms with Gasteiger partial charge in [0.25, 0.3) is 0 Å². The van der Waals surface area contributed by atoms with Gasteiger partial charge in [-0.15, -0.1) is 0 Å². The van der Waals surface area contributed by atoms with Crippen LogP contribution in [-0.2, 0) is 23.8 Å².